The molecule has 1 aromatic carbocycles. The molecular weight excluding hydrogens is 204 g/mol. The molecule has 1 unspecified atom stereocenters. The Kier molecular flexibility index (Phi) is 4.83. The first-order valence-electron chi connectivity index (χ1n) is 5.64. The maximum absolute atomic E-state index is 11.0. The third-order valence-electron chi connectivity index (χ3n) is 2.44. The Morgan fingerprint density at radius 2 is 2.19 bits per heavy atom. The fourth-order valence-corrected chi connectivity index (χ4v) is 1.59. The van der Waals surface area contributed by atoms with Crippen LogP contribution in [0.25, 0.3) is 0 Å². The van der Waals surface area contributed by atoms with Crippen molar-refractivity contribution < 1.29 is 14.6 Å². The molecule has 1 aromatic rings. The molecule has 0 heterocycles. The monoisotopic (exact) mass is 222 g/mol. The standard InChI is InChI=1S/C13H18O3/c1-3-8-16-11-7-5-6-10(9-11)12(4-2)13(14)15/h5-7,9,12H,3-4,8H2,1-2H3,(H,14,15). The van der Waals surface area contributed by atoms with E-state index in [-0.39, 0.29) is 0 Å². The predicted octanol–water partition coefficient (Wildman–Crippen LogP) is 3.05. The Balaban J connectivity index is 2.83. The molecule has 0 aromatic heterocycles. The van der Waals surface area contributed by atoms with Crippen LogP contribution in [0.3, 0.4) is 0 Å². The van der Waals surface area contributed by atoms with E-state index >= 15 is 0 Å². The van der Waals surface area contributed by atoms with E-state index in [2.05, 4.69) is 0 Å². The Morgan fingerprint density at radius 1 is 1.44 bits per heavy atom. The molecule has 3 heteroatoms. The van der Waals surface area contributed by atoms with E-state index in [9.17, 15) is 4.79 Å². The molecule has 16 heavy (non-hydrogen) atoms. The van der Waals surface area contributed by atoms with Crippen molar-refractivity contribution in [2.24, 2.45) is 0 Å². The first kappa shape index (κ1) is 12.6. The van der Waals surface area contributed by atoms with Crippen LogP contribution in [0.15, 0.2) is 24.3 Å². The highest BCUT2D eigenvalue weighted by Gasteiger charge is 2.17. The Morgan fingerprint density at radius 3 is 2.75 bits per heavy atom. The van der Waals surface area contributed by atoms with Crippen molar-refractivity contribution in [1.29, 1.82) is 0 Å². The molecule has 0 spiro atoms. The van der Waals surface area contributed by atoms with E-state index in [0.717, 1.165) is 17.7 Å². The number of benzene rings is 1. The van der Waals surface area contributed by atoms with Gasteiger partial charge in [-0.1, -0.05) is 26.0 Å². The molecule has 0 bridgehead atoms. The van der Waals surface area contributed by atoms with Gasteiger partial charge in [0.05, 0.1) is 12.5 Å². The Labute approximate surface area is 96.1 Å². The van der Waals surface area contributed by atoms with Crippen LogP contribution in [0.1, 0.15) is 38.2 Å². The molecule has 0 radical (unpaired) electrons. The van der Waals surface area contributed by atoms with Crippen molar-refractivity contribution in [1.82, 2.24) is 0 Å². The van der Waals surface area contributed by atoms with Crippen LogP contribution in [0.2, 0.25) is 0 Å². The molecule has 1 rings (SSSR count). The van der Waals surface area contributed by atoms with E-state index in [1.54, 1.807) is 0 Å². The first-order chi connectivity index (χ1) is 7.69. The summed E-state index contributed by atoms with van der Waals surface area (Å²) >= 11 is 0. The summed E-state index contributed by atoms with van der Waals surface area (Å²) < 4.78 is 5.48. The highest BCUT2D eigenvalue weighted by molar-refractivity contribution is 5.76. The minimum Gasteiger partial charge on any atom is -0.494 e. The van der Waals surface area contributed by atoms with Crippen LogP contribution < -0.4 is 4.74 Å². The van der Waals surface area contributed by atoms with Gasteiger partial charge >= 0.3 is 5.97 Å². The summed E-state index contributed by atoms with van der Waals surface area (Å²) in [7, 11) is 0. The minimum atomic E-state index is -0.782. The molecule has 0 amide bonds. The lowest BCUT2D eigenvalue weighted by Crippen LogP contribution is -2.10. The number of carbonyl (C=O) groups is 1. The lowest BCUT2D eigenvalue weighted by Gasteiger charge is -2.12. The summed E-state index contributed by atoms with van der Waals surface area (Å²) in [4.78, 5) is 11.0. The number of carboxylic acids is 1. The molecule has 0 aliphatic heterocycles. The molecule has 3 nitrogen and oxygen atoms in total. The molecule has 0 fully saturated rings. The average Bonchev–Trinajstić information content (AvgIpc) is 2.27. The van der Waals surface area contributed by atoms with Crippen LogP contribution in [0.4, 0.5) is 0 Å². The van der Waals surface area contributed by atoms with E-state index in [1.807, 2.05) is 38.1 Å². The van der Waals surface area contributed by atoms with Crippen LogP contribution in [-0.2, 0) is 4.79 Å². The molecule has 0 saturated carbocycles. The van der Waals surface area contributed by atoms with Crippen molar-refractivity contribution in [3.8, 4) is 5.75 Å². The second-order valence-corrected chi connectivity index (χ2v) is 3.72. The molecule has 0 saturated heterocycles. The van der Waals surface area contributed by atoms with Crippen LogP contribution in [0, 0.1) is 0 Å². The average molecular weight is 222 g/mol. The number of carboxylic acid groups (broad SMARTS) is 1. The number of rotatable bonds is 6. The van der Waals surface area contributed by atoms with E-state index < -0.39 is 11.9 Å². The fraction of sp³-hybridized carbons (Fsp3) is 0.462. The quantitative estimate of drug-likeness (QED) is 0.804. The molecule has 1 N–H and O–H groups in total. The second-order valence-electron chi connectivity index (χ2n) is 3.72. The lowest BCUT2D eigenvalue weighted by molar-refractivity contribution is -0.138. The fourth-order valence-electron chi connectivity index (χ4n) is 1.59. The molecule has 88 valence electrons. The molecule has 0 aliphatic carbocycles. The second kappa shape index (κ2) is 6.16. The van der Waals surface area contributed by atoms with Gasteiger partial charge in [-0.3, -0.25) is 4.79 Å². The van der Waals surface area contributed by atoms with Gasteiger partial charge in [0, 0.05) is 0 Å². The van der Waals surface area contributed by atoms with Crippen molar-refractivity contribution in [2.45, 2.75) is 32.6 Å². The summed E-state index contributed by atoms with van der Waals surface area (Å²) in [6.45, 7) is 4.57. The van der Waals surface area contributed by atoms with Gasteiger partial charge in [0.1, 0.15) is 5.75 Å². The number of aliphatic carboxylic acids is 1. The minimum absolute atomic E-state index is 0.440. The summed E-state index contributed by atoms with van der Waals surface area (Å²) in [5.74, 6) is -0.473. The van der Waals surface area contributed by atoms with Crippen LogP contribution in [0.5, 0.6) is 5.75 Å². The van der Waals surface area contributed by atoms with Crippen LogP contribution >= 0.6 is 0 Å². The molecular formula is C13H18O3. The Hall–Kier alpha value is -1.51. The van der Waals surface area contributed by atoms with Gasteiger partial charge in [-0.15, -0.1) is 0 Å². The van der Waals surface area contributed by atoms with E-state index in [0.29, 0.717) is 13.0 Å². The van der Waals surface area contributed by atoms with Crippen LogP contribution in [-0.4, -0.2) is 17.7 Å². The third-order valence-corrected chi connectivity index (χ3v) is 2.44. The topological polar surface area (TPSA) is 46.5 Å². The van der Waals surface area contributed by atoms with Crippen molar-refractivity contribution in [2.75, 3.05) is 6.61 Å². The van der Waals surface area contributed by atoms with E-state index in [4.69, 9.17) is 9.84 Å². The summed E-state index contributed by atoms with van der Waals surface area (Å²) in [6.07, 6.45) is 1.53. The predicted molar refractivity (Wildman–Crippen MR) is 62.9 cm³/mol. The number of hydrogen-bond donors (Lipinski definition) is 1. The maximum atomic E-state index is 11.0. The van der Waals surface area contributed by atoms with Gasteiger partial charge in [0.2, 0.25) is 0 Å². The van der Waals surface area contributed by atoms with Gasteiger partial charge in [0.25, 0.3) is 0 Å². The molecule has 1 atom stereocenters. The van der Waals surface area contributed by atoms with Crippen molar-refractivity contribution >= 4 is 5.97 Å². The summed E-state index contributed by atoms with van der Waals surface area (Å²) in [5.41, 5.74) is 0.809. The highest BCUT2D eigenvalue weighted by Crippen LogP contribution is 2.23. The third kappa shape index (κ3) is 3.26. The Bertz CT molecular complexity index is 347. The van der Waals surface area contributed by atoms with Crippen molar-refractivity contribution in [3.05, 3.63) is 29.8 Å². The zero-order valence-corrected chi connectivity index (χ0v) is 9.77. The largest absolute Gasteiger partial charge is 0.494 e. The van der Waals surface area contributed by atoms with Gasteiger partial charge in [-0.05, 0) is 30.5 Å². The highest BCUT2D eigenvalue weighted by atomic mass is 16.5. The normalized spacial score (nSPS) is 12.1. The molecule has 0 aliphatic rings. The van der Waals surface area contributed by atoms with Crippen molar-refractivity contribution in [3.63, 3.8) is 0 Å². The van der Waals surface area contributed by atoms with Gasteiger partial charge in [-0.25, -0.2) is 0 Å². The van der Waals surface area contributed by atoms with Gasteiger partial charge < -0.3 is 9.84 Å². The van der Waals surface area contributed by atoms with Gasteiger partial charge in [0.15, 0.2) is 0 Å². The maximum Gasteiger partial charge on any atom is 0.310 e. The lowest BCUT2D eigenvalue weighted by atomic mass is 9.97. The number of hydrogen-bond acceptors (Lipinski definition) is 2. The SMILES string of the molecule is CCCOc1cccc(C(CC)C(=O)O)c1. The summed E-state index contributed by atoms with van der Waals surface area (Å²) in [5, 5.41) is 9.05. The zero-order chi connectivity index (χ0) is 12.0. The van der Waals surface area contributed by atoms with Gasteiger partial charge in [-0.2, -0.15) is 0 Å². The first-order valence-corrected chi connectivity index (χ1v) is 5.64. The number of ether oxygens (including phenoxy) is 1. The summed E-state index contributed by atoms with van der Waals surface area (Å²) in [6, 6.07) is 7.35. The zero-order valence-electron chi connectivity index (χ0n) is 9.77. The van der Waals surface area contributed by atoms with E-state index in [1.165, 1.54) is 0 Å². The smallest absolute Gasteiger partial charge is 0.310 e.